The van der Waals surface area contributed by atoms with Crippen molar-refractivity contribution in [2.75, 3.05) is 33.8 Å². The molecule has 1 N–H and O–H groups in total. The number of benzene rings is 1. The number of anilines is 1. The smallest absolute Gasteiger partial charge is 0.354 e. The Morgan fingerprint density at radius 1 is 1.04 bits per heavy atom. The Morgan fingerprint density at radius 2 is 1.71 bits per heavy atom. The highest BCUT2D eigenvalue weighted by Gasteiger charge is 2.19. The van der Waals surface area contributed by atoms with E-state index < -0.39 is 17.9 Å². The van der Waals surface area contributed by atoms with E-state index in [1.807, 2.05) is 0 Å². The summed E-state index contributed by atoms with van der Waals surface area (Å²) in [5.41, 5.74) is 0.395. The van der Waals surface area contributed by atoms with E-state index in [0.717, 1.165) is 6.08 Å². The molecule has 0 fully saturated rings. The van der Waals surface area contributed by atoms with Crippen molar-refractivity contribution < 1.29 is 33.3 Å². The van der Waals surface area contributed by atoms with Crippen LogP contribution in [0.25, 0.3) is 0 Å². The van der Waals surface area contributed by atoms with Gasteiger partial charge in [0.25, 0.3) is 0 Å². The summed E-state index contributed by atoms with van der Waals surface area (Å²) in [4.78, 5) is 34.9. The van der Waals surface area contributed by atoms with Crippen molar-refractivity contribution in [1.82, 2.24) is 0 Å². The van der Waals surface area contributed by atoms with Crippen LogP contribution in [-0.2, 0) is 23.8 Å². The number of carbonyl (C=O) groups is 3. The molecule has 0 bridgehead atoms. The van der Waals surface area contributed by atoms with Gasteiger partial charge in [-0.15, -0.1) is 0 Å². The Kier molecular flexibility index (Phi) is 7.25. The lowest BCUT2D eigenvalue weighted by Gasteiger charge is -2.14. The summed E-state index contributed by atoms with van der Waals surface area (Å²) in [6.45, 7) is 0. The third-order valence-electron chi connectivity index (χ3n) is 2.83. The Hall–Kier alpha value is -2.55. The molecule has 0 saturated carbocycles. The molecule has 0 aliphatic carbocycles. The first kappa shape index (κ1) is 19.5. The average Bonchev–Trinajstić information content (AvgIpc) is 2.60. The van der Waals surface area contributed by atoms with Crippen LogP contribution in [0.5, 0.6) is 5.75 Å². The number of carbonyl (C=O) groups excluding carboxylic acids is 3. The van der Waals surface area contributed by atoms with E-state index >= 15 is 0 Å². The summed E-state index contributed by atoms with van der Waals surface area (Å²) >= 11 is 3.27. The van der Waals surface area contributed by atoms with Gasteiger partial charge in [-0.05, 0) is 22.0 Å². The van der Waals surface area contributed by atoms with Gasteiger partial charge in [-0.2, -0.15) is 0 Å². The molecule has 1 aromatic rings. The van der Waals surface area contributed by atoms with Gasteiger partial charge in [0.15, 0.2) is 0 Å². The lowest BCUT2D eigenvalue weighted by atomic mass is 10.1. The third-order valence-corrected chi connectivity index (χ3v) is 3.49. The molecule has 0 aliphatic heterocycles. The number of ether oxygens (including phenoxy) is 4. The van der Waals surface area contributed by atoms with Crippen LogP contribution in [0.3, 0.4) is 0 Å². The molecule has 0 amide bonds. The normalized spacial score (nSPS) is 10.6. The van der Waals surface area contributed by atoms with Crippen LogP contribution < -0.4 is 10.1 Å². The zero-order chi connectivity index (χ0) is 18.3. The summed E-state index contributed by atoms with van der Waals surface area (Å²) in [6.07, 6.45) is 0.943. The molecule has 0 spiro atoms. The van der Waals surface area contributed by atoms with E-state index in [1.165, 1.54) is 40.6 Å². The van der Waals surface area contributed by atoms with Gasteiger partial charge >= 0.3 is 17.9 Å². The van der Waals surface area contributed by atoms with Gasteiger partial charge in [0.1, 0.15) is 17.0 Å². The van der Waals surface area contributed by atoms with E-state index in [4.69, 9.17) is 4.74 Å². The van der Waals surface area contributed by atoms with Crippen molar-refractivity contribution in [1.29, 1.82) is 0 Å². The first-order chi connectivity index (χ1) is 11.4. The maximum atomic E-state index is 11.8. The molecule has 130 valence electrons. The molecule has 1 aromatic carbocycles. The van der Waals surface area contributed by atoms with Crippen LogP contribution in [0, 0.1) is 0 Å². The van der Waals surface area contributed by atoms with Crippen LogP contribution in [0.1, 0.15) is 10.4 Å². The molecule has 8 nitrogen and oxygen atoms in total. The summed E-state index contributed by atoms with van der Waals surface area (Å²) < 4.78 is 19.4. The highest BCUT2D eigenvalue weighted by atomic mass is 79.9. The Bertz CT molecular complexity index is 685. The van der Waals surface area contributed by atoms with Crippen LogP contribution in [0.15, 0.2) is 28.4 Å². The van der Waals surface area contributed by atoms with Gasteiger partial charge in [0.2, 0.25) is 0 Å². The SMILES string of the molecule is COC(=O)/C=C(/Nc1cc(OC)c(C(=O)OC)cc1Br)C(=O)OC. The minimum absolute atomic E-state index is 0.155. The fourth-order valence-corrected chi connectivity index (χ4v) is 2.11. The number of methoxy groups -OCH3 is 4. The maximum absolute atomic E-state index is 11.8. The van der Waals surface area contributed by atoms with E-state index in [-0.39, 0.29) is 17.0 Å². The Balaban J connectivity index is 3.30. The van der Waals surface area contributed by atoms with Gasteiger partial charge in [0.05, 0.1) is 40.2 Å². The largest absolute Gasteiger partial charge is 0.496 e. The summed E-state index contributed by atoms with van der Waals surface area (Å²) in [7, 11) is 4.98. The molecule has 0 aliphatic rings. The number of hydrogen-bond donors (Lipinski definition) is 1. The van der Waals surface area contributed by atoms with Crippen molar-refractivity contribution in [3.05, 3.63) is 33.9 Å². The van der Waals surface area contributed by atoms with Crippen LogP contribution >= 0.6 is 15.9 Å². The maximum Gasteiger partial charge on any atom is 0.354 e. The number of halogens is 1. The summed E-state index contributed by atoms with van der Waals surface area (Å²) in [5.74, 6) is -1.88. The summed E-state index contributed by atoms with van der Waals surface area (Å²) in [6, 6.07) is 2.92. The number of hydrogen-bond acceptors (Lipinski definition) is 8. The minimum atomic E-state index is -0.775. The van der Waals surface area contributed by atoms with Crippen molar-refractivity contribution in [3.8, 4) is 5.75 Å². The molecule has 0 radical (unpaired) electrons. The third kappa shape index (κ3) is 4.72. The number of rotatable bonds is 6. The Morgan fingerprint density at radius 3 is 2.21 bits per heavy atom. The van der Waals surface area contributed by atoms with E-state index in [9.17, 15) is 14.4 Å². The Labute approximate surface area is 146 Å². The molecule has 0 saturated heterocycles. The van der Waals surface area contributed by atoms with Crippen LogP contribution in [0.4, 0.5) is 5.69 Å². The van der Waals surface area contributed by atoms with Gasteiger partial charge in [-0.3, -0.25) is 0 Å². The number of nitrogens with one attached hydrogen (secondary N) is 1. The van der Waals surface area contributed by atoms with Crippen LogP contribution in [-0.4, -0.2) is 46.3 Å². The highest BCUT2D eigenvalue weighted by Crippen LogP contribution is 2.32. The van der Waals surface area contributed by atoms with E-state index in [0.29, 0.717) is 10.2 Å². The van der Waals surface area contributed by atoms with Crippen LogP contribution in [0.2, 0.25) is 0 Å². The summed E-state index contributed by atoms with van der Waals surface area (Å²) in [5, 5.41) is 2.73. The van der Waals surface area contributed by atoms with Crippen molar-refractivity contribution in [3.63, 3.8) is 0 Å². The van der Waals surface area contributed by atoms with Gasteiger partial charge in [-0.25, -0.2) is 14.4 Å². The molecule has 0 unspecified atom stereocenters. The second-order valence-electron chi connectivity index (χ2n) is 4.22. The number of esters is 3. The average molecular weight is 402 g/mol. The molecular formula is C15H16BrNO7. The quantitative estimate of drug-likeness (QED) is 0.438. The second kappa shape index (κ2) is 8.92. The highest BCUT2D eigenvalue weighted by molar-refractivity contribution is 9.10. The van der Waals surface area contributed by atoms with Gasteiger partial charge in [0, 0.05) is 10.5 Å². The first-order valence-electron chi connectivity index (χ1n) is 6.48. The van der Waals surface area contributed by atoms with E-state index in [2.05, 4.69) is 35.5 Å². The zero-order valence-corrected chi connectivity index (χ0v) is 15.1. The molecule has 0 heterocycles. The molecule has 1 rings (SSSR count). The zero-order valence-electron chi connectivity index (χ0n) is 13.5. The molecular weight excluding hydrogens is 386 g/mol. The molecule has 0 atom stereocenters. The molecule has 9 heteroatoms. The first-order valence-corrected chi connectivity index (χ1v) is 7.28. The predicted molar refractivity (Wildman–Crippen MR) is 87.8 cm³/mol. The van der Waals surface area contributed by atoms with Gasteiger partial charge in [-0.1, -0.05) is 0 Å². The fourth-order valence-electron chi connectivity index (χ4n) is 1.67. The second-order valence-corrected chi connectivity index (χ2v) is 5.08. The monoisotopic (exact) mass is 401 g/mol. The lowest BCUT2D eigenvalue weighted by molar-refractivity contribution is -0.138. The van der Waals surface area contributed by atoms with Crippen molar-refractivity contribution in [2.24, 2.45) is 0 Å². The molecule has 24 heavy (non-hydrogen) atoms. The topological polar surface area (TPSA) is 100 Å². The fraction of sp³-hybridized carbons (Fsp3) is 0.267. The van der Waals surface area contributed by atoms with Crippen molar-refractivity contribution >= 4 is 39.5 Å². The van der Waals surface area contributed by atoms with Gasteiger partial charge < -0.3 is 24.3 Å². The molecule has 0 aromatic heterocycles. The van der Waals surface area contributed by atoms with E-state index in [1.54, 1.807) is 0 Å². The standard InChI is InChI=1S/C15H16BrNO7/c1-21-12-6-10(9(16)5-8(12)14(19)23-3)17-11(15(20)24-4)7-13(18)22-2/h5-7,17H,1-4H3/b11-7+. The minimum Gasteiger partial charge on any atom is -0.496 e. The van der Waals surface area contributed by atoms with Crippen molar-refractivity contribution in [2.45, 2.75) is 0 Å². The predicted octanol–water partition coefficient (Wildman–Crippen LogP) is 1.89. The lowest BCUT2D eigenvalue weighted by Crippen LogP contribution is -2.16.